The number of amides is 2. The van der Waals surface area contributed by atoms with Gasteiger partial charge in [-0.15, -0.1) is 0 Å². The first-order chi connectivity index (χ1) is 18.7. The Morgan fingerprint density at radius 3 is 2.21 bits per heavy atom. The van der Waals surface area contributed by atoms with E-state index in [9.17, 15) is 14.0 Å². The summed E-state index contributed by atoms with van der Waals surface area (Å²) in [7, 11) is 3.07. The van der Waals surface area contributed by atoms with Crippen molar-refractivity contribution in [3.63, 3.8) is 0 Å². The van der Waals surface area contributed by atoms with Crippen LogP contribution in [0.15, 0.2) is 47.4 Å². The number of nitrogens with zero attached hydrogens (tertiary/aromatic N) is 3. The summed E-state index contributed by atoms with van der Waals surface area (Å²) in [6.07, 6.45) is 2.12. The normalized spacial score (nSPS) is 9.82. The van der Waals surface area contributed by atoms with Crippen LogP contribution in [0.3, 0.4) is 0 Å². The highest BCUT2D eigenvalue weighted by molar-refractivity contribution is 7.97. The Balaban J connectivity index is 0.00000220. The summed E-state index contributed by atoms with van der Waals surface area (Å²) < 4.78 is 31.6. The molecule has 0 aromatic heterocycles. The van der Waals surface area contributed by atoms with Gasteiger partial charge < -0.3 is 24.8 Å². The zero-order valence-electron chi connectivity index (χ0n) is 23.7. The first-order valence-electron chi connectivity index (χ1n) is 12.8. The van der Waals surface area contributed by atoms with Gasteiger partial charge in [-0.2, -0.15) is 5.26 Å². The maximum Gasteiger partial charge on any atom is 0.409 e. The Kier molecular flexibility index (Phi) is 19.7. The number of rotatable bonds is 13. The maximum atomic E-state index is 14.6. The minimum absolute atomic E-state index is 0.0176. The van der Waals surface area contributed by atoms with Crippen LogP contribution in [0.2, 0.25) is 0 Å². The van der Waals surface area contributed by atoms with E-state index >= 15 is 0 Å². The van der Waals surface area contributed by atoms with Gasteiger partial charge >= 0.3 is 6.09 Å². The van der Waals surface area contributed by atoms with Gasteiger partial charge in [0.25, 0.3) is 0 Å². The van der Waals surface area contributed by atoms with Crippen molar-refractivity contribution in [3.05, 3.63) is 53.8 Å². The van der Waals surface area contributed by atoms with E-state index < -0.39 is 17.8 Å². The summed E-state index contributed by atoms with van der Waals surface area (Å²) in [4.78, 5) is 25.3. The molecule has 39 heavy (non-hydrogen) atoms. The van der Waals surface area contributed by atoms with Crippen molar-refractivity contribution in [1.82, 2.24) is 9.21 Å². The molecule has 0 aliphatic heterocycles. The molecule has 0 heterocycles. The summed E-state index contributed by atoms with van der Waals surface area (Å²) in [5.41, 5.74) is 5.80. The van der Waals surface area contributed by atoms with E-state index in [1.54, 1.807) is 41.7 Å². The molecule has 0 saturated heterocycles. The Hall–Kier alpha value is -3.33. The number of primary amides is 1. The number of nitriles is 1. The molecule has 0 aliphatic carbocycles. The monoisotopic (exact) mass is 564 g/mol. The van der Waals surface area contributed by atoms with E-state index in [2.05, 4.69) is 13.8 Å². The summed E-state index contributed by atoms with van der Waals surface area (Å²) in [5.74, 6) is -0.746. The predicted molar refractivity (Wildman–Crippen MR) is 152 cm³/mol. The van der Waals surface area contributed by atoms with E-state index in [1.165, 1.54) is 37.0 Å². The molecule has 2 aromatic rings. The fourth-order valence-electron chi connectivity index (χ4n) is 2.50. The molecule has 2 N–H and O–H groups in total. The Morgan fingerprint density at radius 1 is 1.05 bits per heavy atom. The Morgan fingerprint density at radius 2 is 1.69 bits per heavy atom. The van der Waals surface area contributed by atoms with Gasteiger partial charge in [-0.1, -0.05) is 40.5 Å². The van der Waals surface area contributed by atoms with Gasteiger partial charge in [-0.3, -0.25) is 4.79 Å². The van der Waals surface area contributed by atoms with Crippen LogP contribution in [0.5, 0.6) is 11.5 Å². The number of nitrogens with two attached hydrogens (primary N) is 1. The maximum absolute atomic E-state index is 14.6. The van der Waals surface area contributed by atoms with Crippen LogP contribution < -0.4 is 10.5 Å². The number of carbonyl (C=O) groups excluding carboxylic acids is 2. The molecule has 0 spiro atoms. The third-order valence-electron chi connectivity index (χ3n) is 4.69. The largest absolute Gasteiger partial charge is 0.454 e. The first kappa shape index (κ1) is 35.7. The number of unbranched alkanes of at least 4 members (excludes halogenated alkanes) is 1. The van der Waals surface area contributed by atoms with E-state index in [1.807, 2.05) is 19.9 Å². The van der Waals surface area contributed by atoms with Gasteiger partial charge in [0.2, 0.25) is 5.91 Å². The standard InChI is InChI=1S/C22H25FN4O5S.C4H10.C2H6/c1-26(22(29)31-12-11-30-2)9-10-27(15-21(25)28)33-18-7-8-20(19(23)13-18)32-17-5-3-16(14-24)4-6-17;1-3-4-2;1-2/h3-8,13H,9-12,15H2,1-2H3,(H2,25,28);3-4H2,1-2H3;1-2H3. The van der Waals surface area contributed by atoms with Crippen molar-refractivity contribution in [2.75, 3.05) is 47.0 Å². The lowest BCUT2D eigenvalue weighted by Gasteiger charge is -2.23. The molecule has 0 radical (unpaired) electrons. The molecule has 0 atom stereocenters. The molecule has 11 heteroatoms. The second-order valence-corrected chi connectivity index (χ2v) is 8.95. The fraction of sp³-hybridized carbons (Fsp3) is 0.464. The van der Waals surface area contributed by atoms with Crippen molar-refractivity contribution in [2.24, 2.45) is 5.73 Å². The van der Waals surface area contributed by atoms with E-state index in [0.717, 1.165) is 11.9 Å². The Bertz CT molecular complexity index is 1020. The van der Waals surface area contributed by atoms with Crippen LogP contribution in [0, 0.1) is 17.1 Å². The average Bonchev–Trinajstić information content (AvgIpc) is 2.94. The minimum atomic E-state index is -0.595. The van der Waals surface area contributed by atoms with Crippen LogP contribution in [0.25, 0.3) is 0 Å². The summed E-state index contributed by atoms with van der Waals surface area (Å²) in [5, 5.41) is 8.84. The van der Waals surface area contributed by atoms with Crippen molar-refractivity contribution in [2.45, 2.75) is 45.4 Å². The van der Waals surface area contributed by atoms with Crippen LogP contribution >= 0.6 is 11.9 Å². The average molecular weight is 565 g/mol. The molecule has 2 amide bonds. The molecule has 216 valence electrons. The van der Waals surface area contributed by atoms with E-state index in [4.69, 9.17) is 25.2 Å². The molecule has 0 aliphatic rings. The molecular weight excluding hydrogens is 523 g/mol. The lowest BCUT2D eigenvalue weighted by Crippen LogP contribution is -2.37. The number of methoxy groups -OCH3 is 1. The van der Waals surface area contributed by atoms with Crippen molar-refractivity contribution < 1.29 is 28.2 Å². The zero-order chi connectivity index (χ0) is 29.6. The van der Waals surface area contributed by atoms with Crippen molar-refractivity contribution >= 4 is 23.9 Å². The first-order valence-corrected chi connectivity index (χ1v) is 13.6. The number of hydrogen-bond acceptors (Lipinski definition) is 8. The van der Waals surface area contributed by atoms with Crippen molar-refractivity contribution in [1.29, 1.82) is 5.26 Å². The Labute approximate surface area is 236 Å². The van der Waals surface area contributed by atoms with E-state index in [0.29, 0.717) is 22.8 Å². The highest BCUT2D eigenvalue weighted by atomic mass is 32.2. The SMILES string of the molecule is CC.CCCC.COCCOC(=O)N(C)CCN(CC(N)=O)Sc1ccc(Oc2ccc(C#N)cc2)c(F)c1. The molecule has 2 rings (SSSR count). The highest BCUT2D eigenvalue weighted by Gasteiger charge is 2.16. The van der Waals surface area contributed by atoms with Crippen LogP contribution in [-0.4, -0.2) is 68.2 Å². The number of carbonyl (C=O) groups is 2. The second kappa shape index (κ2) is 21.6. The quantitative estimate of drug-likeness (QED) is 0.238. The summed E-state index contributed by atoms with van der Waals surface area (Å²) in [6.45, 7) is 9.24. The van der Waals surface area contributed by atoms with Gasteiger partial charge in [-0.05, 0) is 54.4 Å². The second-order valence-electron chi connectivity index (χ2n) is 7.78. The predicted octanol–water partition coefficient (Wildman–Crippen LogP) is 5.83. The van der Waals surface area contributed by atoms with Crippen LogP contribution in [0.4, 0.5) is 9.18 Å². The number of likely N-dealkylation sites (N-methyl/N-ethyl adjacent to an activating group) is 1. The lowest BCUT2D eigenvalue weighted by molar-refractivity contribution is -0.118. The fourth-order valence-corrected chi connectivity index (χ4v) is 3.45. The third-order valence-corrected chi connectivity index (χ3v) is 5.73. The molecule has 0 unspecified atom stereocenters. The molecule has 9 nitrogen and oxygen atoms in total. The number of halogens is 1. The topological polar surface area (TPSA) is 118 Å². The van der Waals surface area contributed by atoms with Crippen LogP contribution in [-0.2, 0) is 14.3 Å². The zero-order valence-corrected chi connectivity index (χ0v) is 24.6. The van der Waals surface area contributed by atoms with Gasteiger partial charge in [-0.25, -0.2) is 13.5 Å². The van der Waals surface area contributed by atoms with Gasteiger partial charge in [0, 0.05) is 32.1 Å². The molecule has 0 bridgehead atoms. The number of benzene rings is 2. The van der Waals surface area contributed by atoms with Crippen molar-refractivity contribution in [3.8, 4) is 17.6 Å². The lowest BCUT2D eigenvalue weighted by atomic mass is 10.2. The number of ether oxygens (including phenoxy) is 3. The summed E-state index contributed by atoms with van der Waals surface area (Å²) in [6, 6.07) is 12.7. The molecular formula is C28H41FN4O5S. The minimum Gasteiger partial charge on any atom is -0.454 e. The third kappa shape index (κ3) is 15.6. The number of hydrogen-bond donors (Lipinski definition) is 1. The molecule has 0 saturated carbocycles. The van der Waals surface area contributed by atoms with Gasteiger partial charge in [0.1, 0.15) is 12.4 Å². The summed E-state index contributed by atoms with van der Waals surface area (Å²) >= 11 is 1.13. The highest BCUT2D eigenvalue weighted by Crippen LogP contribution is 2.30. The molecule has 0 fully saturated rings. The van der Waals surface area contributed by atoms with E-state index in [-0.39, 0.29) is 32.0 Å². The van der Waals surface area contributed by atoms with Gasteiger partial charge in [0.05, 0.1) is 24.8 Å². The van der Waals surface area contributed by atoms with Gasteiger partial charge in [0.15, 0.2) is 11.6 Å². The molecule has 2 aromatic carbocycles. The van der Waals surface area contributed by atoms with Crippen LogP contribution in [0.1, 0.15) is 46.1 Å². The smallest absolute Gasteiger partial charge is 0.409 e.